The van der Waals surface area contributed by atoms with Crippen LogP contribution < -0.4 is 4.74 Å². The van der Waals surface area contributed by atoms with Gasteiger partial charge in [0.15, 0.2) is 17.9 Å². The van der Waals surface area contributed by atoms with Crippen molar-refractivity contribution in [2.24, 2.45) is 0 Å². The molecule has 2 aromatic rings. The number of Topliss-reactive ketones (excluding diaryl/α,β-unsaturated/α-hetero) is 1. The first kappa shape index (κ1) is 35.3. The Kier molecular flexibility index (Phi) is 9.28. The molecule has 51 heavy (non-hydrogen) atoms. The van der Waals surface area contributed by atoms with Crippen LogP contribution in [0.5, 0.6) is 17.2 Å². The molecule has 3 unspecified atom stereocenters. The SMILES string of the molecule is COCCOC(=O)N1CCN2C(C1)OC1C2C[C@H](O[C@H]2C[C@](O)(C(=O)CO)Cc3c(O)c4c(c(O)c32)C(=O)c2c(OC)cccc2C4=O)O[C@H]1C. The van der Waals surface area contributed by atoms with Gasteiger partial charge in [0.2, 0.25) is 5.78 Å². The Bertz CT molecular complexity index is 1780. The second-order valence-electron chi connectivity index (χ2n) is 13.4. The third kappa shape index (κ3) is 5.74. The van der Waals surface area contributed by atoms with E-state index >= 15 is 0 Å². The van der Waals surface area contributed by atoms with E-state index in [9.17, 15) is 39.6 Å². The molecule has 3 saturated heterocycles. The summed E-state index contributed by atoms with van der Waals surface area (Å²) in [6.07, 6.45) is -4.90. The predicted molar refractivity (Wildman–Crippen MR) is 172 cm³/mol. The number of carbonyl (C=O) groups is 4. The minimum atomic E-state index is -2.26. The number of fused-ring (bicyclic) bond motifs is 6. The minimum absolute atomic E-state index is 0.0492. The molecule has 7 atom stereocenters. The van der Waals surface area contributed by atoms with Crippen LogP contribution in [-0.2, 0) is 34.9 Å². The monoisotopic (exact) mass is 712 g/mol. The number of hydrogen-bond donors (Lipinski definition) is 4. The first-order valence-electron chi connectivity index (χ1n) is 16.8. The molecule has 0 aromatic heterocycles. The predicted octanol–water partition coefficient (Wildman–Crippen LogP) is 0.807. The number of benzene rings is 2. The molecule has 0 spiro atoms. The molecule has 2 aromatic carbocycles. The number of phenols is 2. The highest BCUT2D eigenvalue weighted by atomic mass is 16.7. The van der Waals surface area contributed by atoms with E-state index in [1.807, 2.05) is 0 Å². The van der Waals surface area contributed by atoms with Crippen molar-refractivity contribution in [1.29, 1.82) is 0 Å². The lowest BCUT2D eigenvalue weighted by Crippen LogP contribution is -2.57. The number of ketones is 3. The molecule has 7 rings (SSSR count). The van der Waals surface area contributed by atoms with Crippen LogP contribution in [0.3, 0.4) is 0 Å². The quantitative estimate of drug-likeness (QED) is 0.188. The van der Waals surface area contributed by atoms with Gasteiger partial charge in [-0.2, -0.15) is 0 Å². The number of phenolic OH excluding ortho intramolecular Hbond substituents is 2. The third-order valence-electron chi connectivity index (χ3n) is 10.6. The van der Waals surface area contributed by atoms with Crippen molar-refractivity contribution in [2.45, 2.75) is 68.7 Å². The molecule has 3 heterocycles. The van der Waals surface area contributed by atoms with E-state index in [-0.39, 0.29) is 66.3 Å². The highest BCUT2D eigenvalue weighted by Gasteiger charge is 2.54. The standard InChI is InChI=1S/C35H40N2O14/c1-16-33-19(37-8-7-36(14-23(37)51-33)34(44)48-10-9-46-2)11-24(49-16)50-21-13-35(45,22(39)15-38)12-18-26(21)32(43)28-27(30(18)41)29(40)17-5-4-6-20(47-3)25(17)31(28)42/h4-6,16,19,21,23-24,33,38,41,43,45H,7-15H2,1-3H3/t16-,19?,21-,23?,24-,33?,35-/m0/s1. The molecule has 274 valence electrons. The van der Waals surface area contributed by atoms with Crippen LogP contribution in [0.4, 0.5) is 4.79 Å². The van der Waals surface area contributed by atoms with Crippen molar-refractivity contribution < 1.29 is 68.0 Å². The zero-order chi connectivity index (χ0) is 36.4. The van der Waals surface area contributed by atoms with Crippen molar-refractivity contribution in [3.63, 3.8) is 0 Å². The minimum Gasteiger partial charge on any atom is -0.507 e. The molecule has 5 aliphatic rings. The molecule has 0 radical (unpaired) electrons. The Balaban J connectivity index is 1.20. The van der Waals surface area contributed by atoms with Gasteiger partial charge in [0.05, 0.1) is 49.2 Å². The van der Waals surface area contributed by atoms with Gasteiger partial charge in [0, 0.05) is 62.2 Å². The lowest BCUT2D eigenvalue weighted by atomic mass is 9.72. The molecule has 4 N–H and O–H groups in total. The first-order chi connectivity index (χ1) is 24.4. The van der Waals surface area contributed by atoms with Gasteiger partial charge in [-0.1, -0.05) is 12.1 Å². The van der Waals surface area contributed by atoms with Crippen LogP contribution in [0.1, 0.15) is 68.8 Å². The van der Waals surface area contributed by atoms with Crippen molar-refractivity contribution in [3.05, 3.63) is 51.6 Å². The maximum absolute atomic E-state index is 13.9. The van der Waals surface area contributed by atoms with Crippen molar-refractivity contribution in [1.82, 2.24) is 9.80 Å². The average Bonchev–Trinajstić information content (AvgIpc) is 3.49. The lowest BCUT2D eigenvalue weighted by Gasteiger charge is -2.43. The van der Waals surface area contributed by atoms with E-state index in [4.69, 9.17) is 28.4 Å². The van der Waals surface area contributed by atoms with E-state index in [2.05, 4.69) is 4.90 Å². The Morgan fingerprint density at radius 2 is 1.78 bits per heavy atom. The number of aliphatic hydroxyl groups is 2. The number of nitrogens with zero attached hydrogens (tertiary/aromatic N) is 2. The summed E-state index contributed by atoms with van der Waals surface area (Å²) in [6.45, 7) is 2.32. The third-order valence-corrected chi connectivity index (χ3v) is 10.6. The van der Waals surface area contributed by atoms with E-state index in [1.54, 1.807) is 11.8 Å². The van der Waals surface area contributed by atoms with Crippen LogP contribution in [0, 0.1) is 0 Å². The van der Waals surface area contributed by atoms with E-state index < -0.39 is 95.8 Å². The van der Waals surface area contributed by atoms with E-state index in [0.29, 0.717) is 13.1 Å². The number of piperazine rings is 1. The van der Waals surface area contributed by atoms with Crippen LogP contribution >= 0.6 is 0 Å². The summed E-state index contributed by atoms with van der Waals surface area (Å²) in [5.41, 5.74) is -3.57. The first-order valence-corrected chi connectivity index (χ1v) is 16.8. The maximum atomic E-state index is 13.9. The number of carbonyl (C=O) groups excluding carboxylic acids is 4. The Morgan fingerprint density at radius 1 is 1.02 bits per heavy atom. The van der Waals surface area contributed by atoms with Crippen LogP contribution in [-0.4, -0.2) is 144 Å². The normalized spacial score (nSPS) is 29.8. The number of amides is 1. The van der Waals surface area contributed by atoms with E-state index in [0.717, 1.165) is 0 Å². The number of rotatable bonds is 8. The summed E-state index contributed by atoms with van der Waals surface area (Å²) in [4.78, 5) is 56.9. The van der Waals surface area contributed by atoms with Gasteiger partial charge in [-0.05, 0) is 13.0 Å². The number of hydrogen-bond acceptors (Lipinski definition) is 15. The fraction of sp³-hybridized carbons (Fsp3) is 0.543. The second-order valence-corrected chi connectivity index (χ2v) is 13.4. The van der Waals surface area contributed by atoms with Gasteiger partial charge in [-0.25, -0.2) is 4.79 Å². The van der Waals surface area contributed by atoms with Crippen molar-refractivity contribution >= 4 is 23.4 Å². The summed E-state index contributed by atoms with van der Waals surface area (Å²) >= 11 is 0. The fourth-order valence-corrected chi connectivity index (χ4v) is 8.12. The molecule has 16 heteroatoms. The smallest absolute Gasteiger partial charge is 0.410 e. The molecule has 0 saturated carbocycles. The summed E-state index contributed by atoms with van der Waals surface area (Å²) in [5, 5.41) is 44.8. The lowest BCUT2D eigenvalue weighted by molar-refractivity contribution is -0.247. The largest absolute Gasteiger partial charge is 0.507 e. The Hall–Kier alpha value is -4.16. The molecule has 3 aliphatic heterocycles. The van der Waals surface area contributed by atoms with Gasteiger partial charge in [-0.3, -0.25) is 19.3 Å². The van der Waals surface area contributed by atoms with Gasteiger partial charge in [-0.15, -0.1) is 0 Å². The van der Waals surface area contributed by atoms with Crippen LogP contribution in [0.25, 0.3) is 0 Å². The summed E-state index contributed by atoms with van der Waals surface area (Å²) in [6, 6.07) is 4.19. The molecular weight excluding hydrogens is 672 g/mol. The summed E-state index contributed by atoms with van der Waals surface area (Å²) in [5.74, 6) is -3.71. The van der Waals surface area contributed by atoms with Gasteiger partial charge in [0.25, 0.3) is 0 Å². The Labute approximate surface area is 292 Å². The highest BCUT2D eigenvalue weighted by molar-refractivity contribution is 6.31. The molecular formula is C35H40N2O14. The summed E-state index contributed by atoms with van der Waals surface area (Å²) in [7, 11) is 2.85. The molecule has 3 fully saturated rings. The summed E-state index contributed by atoms with van der Waals surface area (Å²) < 4.78 is 34.6. The Morgan fingerprint density at radius 3 is 2.51 bits per heavy atom. The van der Waals surface area contributed by atoms with Gasteiger partial charge >= 0.3 is 6.09 Å². The highest BCUT2D eigenvalue weighted by Crippen LogP contribution is 2.53. The molecule has 0 bridgehead atoms. The molecule has 16 nitrogen and oxygen atoms in total. The topological polar surface area (TPSA) is 211 Å². The van der Waals surface area contributed by atoms with Crippen molar-refractivity contribution in [2.75, 3.05) is 53.7 Å². The second kappa shape index (κ2) is 13.4. The molecule has 2 aliphatic carbocycles. The zero-order valence-corrected chi connectivity index (χ0v) is 28.3. The van der Waals surface area contributed by atoms with Crippen LogP contribution in [0.2, 0.25) is 0 Å². The average molecular weight is 713 g/mol. The van der Waals surface area contributed by atoms with E-state index in [1.165, 1.54) is 32.4 Å². The maximum Gasteiger partial charge on any atom is 0.410 e. The van der Waals surface area contributed by atoms with Crippen molar-refractivity contribution in [3.8, 4) is 17.2 Å². The zero-order valence-electron chi connectivity index (χ0n) is 28.3. The number of ether oxygens (including phenoxy) is 6. The molecule has 1 amide bonds. The number of aliphatic hydroxyl groups excluding tert-OH is 1. The number of methoxy groups -OCH3 is 2. The fourth-order valence-electron chi connectivity index (χ4n) is 8.12. The van der Waals surface area contributed by atoms with Crippen LogP contribution in [0.15, 0.2) is 18.2 Å². The van der Waals surface area contributed by atoms with Gasteiger partial charge in [0.1, 0.15) is 48.4 Å². The number of aromatic hydroxyl groups is 2. The van der Waals surface area contributed by atoms with Gasteiger partial charge < -0.3 is 53.7 Å².